The molecular weight excluding hydrogens is 300 g/mol. The van der Waals surface area contributed by atoms with Crippen LogP contribution in [-0.4, -0.2) is 38.0 Å². The van der Waals surface area contributed by atoms with Gasteiger partial charge in [0, 0.05) is 0 Å². The molecule has 0 aliphatic carbocycles. The van der Waals surface area contributed by atoms with Gasteiger partial charge in [-0.15, -0.1) is 0 Å². The third-order valence-corrected chi connectivity index (χ3v) is 3.12. The van der Waals surface area contributed by atoms with E-state index in [1.165, 1.54) is 4.68 Å². The number of alkyl carbamates (subject to hydrolysis) is 1. The topological polar surface area (TPSA) is 106 Å². The minimum absolute atomic E-state index is 0.0254. The first-order valence-corrected chi connectivity index (χ1v) is 7.04. The maximum atomic E-state index is 11.8. The van der Waals surface area contributed by atoms with Crippen LogP contribution in [0.5, 0.6) is 0 Å². The number of amides is 1. The summed E-state index contributed by atoms with van der Waals surface area (Å²) in [5.74, 6) is -0.0549. The van der Waals surface area contributed by atoms with E-state index in [1.807, 2.05) is 30.3 Å². The highest BCUT2D eigenvalue weighted by Crippen LogP contribution is 2.02. The summed E-state index contributed by atoms with van der Waals surface area (Å²) < 4.78 is 6.46. The second kappa shape index (κ2) is 7.39. The first kappa shape index (κ1) is 16.5. The number of aliphatic carboxylic acids is 1. The van der Waals surface area contributed by atoms with Crippen molar-refractivity contribution in [2.45, 2.75) is 33.0 Å². The normalized spacial score (nSPS) is 11.7. The summed E-state index contributed by atoms with van der Waals surface area (Å²) in [6.45, 7) is 3.47. The number of carboxylic acid groups (broad SMARTS) is 1. The fourth-order valence-corrected chi connectivity index (χ4v) is 2.00. The lowest BCUT2D eigenvalue weighted by Gasteiger charge is -2.15. The number of aromatic nitrogens is 3. The second-order valence-electron chi connectivity index (χ2n) is 4.99. The van der Waals surface area contributed by atoms with Gasteiger partial charge in [0.2, 0.25) is 0 Å². The van der Waals surface area contributed by atoms with E-state index >= 15 is 0 Å². The fraction of sp³-hybridized carbons (Fsp3) is 0.333. The van der Waals surface area contributed by atoms with Crippen molar-refractivity contribution in [1.29, 1.82) is 0 Å². The van der Waals surface area contributed by atoms with Gasteiger partial charge in [-0.1, -0.05) is 30.3 Å². The zero-order valence-corrected chi connectivity index (χ0v) is 12.9. The molecule has 0 fully saturated rings. The molecule has 1 heterocycles. The number of carbonyl (C=O) groups is 2. The van der Waals surface area contributed by atoms with Crippen LogP contribution in [0.25, 0.3) is 0 Å². The van der Waals surface area contributed by atoms with Gasteiger partial charge in [0.05, 0.1) is 6.54 Å². The third kappa shape index (κ3) is 4.80. The Morgan fingerprint density at radius 3 is 2.57 bits per heavy atom. The number of nitrogens with zero attached hydrogens (tertiary/aromatic N) is 3. The number of carboxylic acids is 1. The van der Waals surface area contributed by atoms with E-state index in [9.17, 15) is 14.7 Å². The molecular formula is C15H18N4O4. The van der Waals surface area contributed by atoms with Gasteiger partial charge in [0.15, 0.2) is 0 Å². The van der Waals surface area contributed by atoms with Crippen LogP contribution in [0.4, 0.5) is 4.79 Å². The van der Waals surface area contributed by atoms with Crippen molar-refractivity contribution in [2.75, 3.05) is 0 Å². The number of carbonyl (C=O) groups excluding carboxylic acids is 1. The highest BCUT2D eigenvalue weighted by molar-refractivity contribution is 5.79. The molecule has 0 aliphatic heterocycles. The van der Waals surface area contributed by atoms with Crippen LogP contribution in [0.1, 0.15) is 17.2 Å². The average Bonchev–Trinajstić information content (AvgIpc) is 2.83. The molecule has 1 aromatic carbocycles. The van der Waals surface area contributed by atoms with E-state index in [1.54, 1.807) is 13.8 Å². The predicted molar refractivity (Wildman–Crippen MR) is 80.7 cm³/mol. The molecule has 2 aromatic rings. The standard InChI is InChI=1S/C15H18N4O4/c1-10-16-11(2)19(18-10)8-13(14(20)21)17-15(22)23-9-12-6-4-3-5-7-12/h3-7,13H,8-9H2,1-2H3,(H,17,22)(H,20,21). The molecule has 2 rings (SSSR count). The second-order valence-corrected chi connectivity index (χ2v) is 4.99. The van der Waals surface area contributed by atoms with Gasteiger partial charge < -0.3 is 15.2 Å². The number of ether oxygens (including phenoxy) is 1. The lowest BCUT2D eigenvalue weighted by atomic mass is 10.2. The smallest absolute Gasteiger partial charge is 0.408 e. The summed E-state index contributed by atoms with van der Waals surface area (Å²) in [4.78, 5) is 27.2. The molecule has 0 saturated carbocycles. The highest BCUT2D eigenvalue weighted by atomic mass is 16.5. The molecule has 8 nitrogen and oxygen atoms in total. The van der Waals surface area contributed by atoms with Crippen LogP contribution < -0.4 is 5.32 Å². The van der Waals surface area contributed by atoms with Gasteiger partial charge in [-0.05, 0) is 19.4 Å². The lowest BCUT2D eigenvalue weighted by molar-refractivity contribution is -0.139. The third-order valence-electron chi connectivity index (χ3n) is 3.12. The number of rotatable bonds is 6. The van der Waals surface area contributed by atoms with Crippen LogP contribution >= 0.6 is 0 Å². The largest absolute Gasteiger partial charge is 0.480 e. The molecule has 122 valence electrons. The van der Waals surface area contributed by atoms with Crippen molar-refractivity contribution in [1.82, 2.24) is 20.1 Å². The van der Waals surface area contributed by atoms with Gasteiger partial charge in [0.1, 0.15) is 24.3 Å². The molecule has 1 unspecified atom stereocenters. The predicted octanol–water partition coefficient (Wildman–Crippen LogP) is 1.27. The zero-order chi connectivity index (χ0) is 16.8. The SMILES string of the molecule is Cc1nc(C)n(CC(NC(=O)OCc2ccccc2)C(=O)O)n1. The highest BCUT2D eigenvalue weighted by Gasteiger charge is 2.22. The first-order chi connectivity index (χ1) is 11.0. The molecule has 23 heavy (non-hydrogen) atoms. The zero-order valence-electron chi connectivity index (χ0n) is 12.9. The van der Waals surface area contributed by atoms with Gasteiger partial charge in [0.25, 0.3) is 0 Å². The molecule has 1 aromatic heterocycles. The molecule has 1 atom stereocenters. The Labute approximate surface area is 133 Å². The Morgan fingerprint density at radius 2 is 2.00 bits per heavy atom. The van der Waals surface area contributed by atoms with E-state index in [2.05, 4.69) is 15.4 Å². The maximum absolute atomic E-state index is 11.8. The van der Waals surface area contributed by atoms with E-state index in [4.69, 9.17) is 4.74 Å². The van der Waals surface area contributed by atoms with Gasteiger partial charge in [-0.2, -0.15) is 5.10 Å². The van der Waals surface area contributed by atoms with Crippen LogP contribution in [0.2, 0.25) is 0 Å². The van der Waals surface area contributed by atoms with Crippen molar-refractivity contribution in [3.05, 3.63) is 47.5 Å². The molecule has 0 aliphatic rings. The molecule has 0 spiro atoms. The maximum Gasteiger partial charge on any atom is 0.408 e. The summed E-state index contributed by atoms with van der Waals surface area (Å²) >= 11 is 0. The Balaban J connectivity index is 1.92. The number of aryl methyl sites for hydroxylation is 2. The first-order valence-electron chi connectivity index (χ1n) is 7.04. The van der Waals surface area contributed by atoms with E-state index < -0.39 is 18.1 Å². The van der Waals surface area contributed by atoms with Crippen molar-refractivity contribution >= 4 is 12.1 Å². The van der Waals surface area contributed by atoms with Crippen molar-refractivity contribution in [3.8, 4) is 0 Å². The van der Waals surface area contributed by atoms with Crippen molar-refractivity contribution < 1.29 is 19.4 Å². The molecule has 0 bridgehead atoms. The molecule has 0 saturated heterocycles. The monoisotopic (exact) mass is 318 g/mol. The minimum Gasteiger partial charge on any atom is -0.480 e. The van der Waals surface area contributed by atoms with E-state index in [0.717, 1.165) is 5.56 Å². The number of nitrogens with one attached hydrogen (secondary N) is 1. The Hall–Kier alpha value is -2.90. The van der Waals surface area contributed by atoms with Crippen LogP contribution in [0.15, 0.2) is 30.3 Å². The van der Waals surface area contributed by atoms with Crippen LogP contribution in [-0.2, 0) is 22.7 Å². The molecule has 2 N–H and O–H groups in total. The Kier molecular flexibility index (Phi) is 5.29. The van der Waals surface area contributed by atoms with Crippen LogP contribution in [0, 0.1) is 13.8 Å². The number of hydrogen-bond donors (Lipinski definition) is 2. The number of benzene rings is 1. The molecule has 1 amide bonds. The quantitative estimate of drug-likeness (QED) is 0.831. The summed E-state index contributed by atoms with van der Waals surface area (Å²) in [6.07, 6.45) is -0.796. The Morgan fingerprint density at radius 1 is 1.30 bits per heavy atom. The van der Waals surface area contributed by atoms with E-state index in [0.29, 0.717) is 11.6 Å². The Bertz CT molecular complexity index is 684. The van der Waals surface area contributed by atoms with Gasteiger partial charge in [-0.25, -0.2) is 19.3 Å². The summed E-state index contributed by atoms with van der Waals surface area (Å²) in [6, 6.07) is 7.97. The summed E-state index contributed by atoms with van der Waals surface area (Å²) in [5.41, 5.74) is 0.817. The molecule has 0 radical (unpaired) electrons. The molecule has 8 heteroatoms. The van der Waals surface area contributed by atoms with Crippen molar-refractivity contribution in [2.24, 2.45) is 0 Å². The fourth-order valence-electron chi connectivity index (χ4n) is 2.00. The van der Waals surface area contributed by atoms with Gasteiger partial charge in [-0.3, -0.25) is 0 Å². The summed E-state index contributed by atoms with van der Waals surface area (Å²) in [5, 5.41) is 15.6. The van der Waals surface area contributed by atoms with Gasteiger partial charge >= 0.3 is 12.1 Å². The van der Waals surface area contributed by atoms with Crippen molar-refractivity contribution in [3.63, 3.8) is 0 Å². The number of hydrogen-bond acceptors (Lipinski definition) is 5. The van der Waals surface area contributed by atoms with Crippen LogP contribution in [0.3, 0.4) is 0 Å². The average molecular weight is 318 g/mol. The summed E-state index contributed by atoms with van der Waals surface area (Å²) in [7, 11) is 0. The van der Waals surface area contributed by atoms with E-state index in [-0.39, 0.29) is 13.2 Å². The minimum atomic E-state index is -1.17. The lowest BCUT2D eigenvalue weighted by Crippen LogP contribution is -2.44.